The van der Waals surface area contributed by atoms with E-state index in [-0.39, 0.29) is 18.6 Å². The third-order valence-corrected chi connectivity index (χ3v) is 1.81. The summed E-state index contributed by atoms with van der Waals surface area (Å²) in [4.78, 5) is 0. The van der Waals surface area contributed by atoms with E-state index in [9.17, 15) is 4.39 Å². The topological polar surface area (TPSA) is 44.5 Å². The predicted molar refractivity (Wildman–Crippen MR) is 51.5 cm³/mol. The van der Waals surface area contributed by atoms with Crippen molar-refractivity contribution in [1.82, 2.24) is 0 Å². The minimum Gasteiger partial charge on any atom is -0.464 e. The standard InChI is InChI=1S/C10H14FNO2/c1-7(12)8-3-4-10(9(11)5-8)14-6-13-2/h3-5,7H,6,12H2,1-2H3. The summed E-state index contributed by atoms with van der Waals surface area (Å²) in [5.74, 6) is -0.242. The van der Waals surface area contributed by atoms with Crippen LogP contribution in [0.5, 0.6) is 5.75 Å². The van der Waals surface area contributed by atoms with Crippen LogP contribution in [0.25, 0.3) is 0 Å². The molecule has 0 aromatic heterocycles. The van der Waals surface area contributed by atoms with Gasteiger partial charge in [-0.3, -0.25) is 0 Å². The maximum Gasteiger partial charge on any atom is 0.188 e. The highest BCUT2D eigenvalue weighted by molar-refractivity contribution is 5.30. The molecule has 78 valence electrons. The number of methoxy groups -OCH3 is 1. The van der Waals surface area contributed by atoms with Crippen LogP contribution in [0.3, 0.4) is 0 Å². The molecule has 0 radical (unpaired) electrons. The summed E-state index contributed by atoms with van der Waals surface area (Å²) in [6.45, 7) is 1.83. The minimum absolute atomic E-state index is 0.0362. The number of halogens is 1. The van der Waals surface area contributed by atoms with Gasteiger partial charge in [-0.25, -0.2) is 4.39 Å². The number of rotatable bonds is 4. The molecule has 0 saturated heterocycles. The average Bonchev–Trinajstić information content (AvgIpc) is 2.15. The Morgan fingerprint density at radius 1 is 1.50 bits per heavy atom. The van der Waals surface area contributed by atoms with Crippen LogP contribution >= 0.6 is 0 Å². The molecular weight excluding hydrogens is 185 g/mol. The molecule has 0 amide bonds. The first-order chi connectivity index (χ1) is 6.65. The van der Waals surface area contributed by atoms with E-state index in [2.05, 4.69) is 4.74 Å². The molecule has 14 heavy (non-hydrogen) atoms. The summed E-state index contributed by atoms with van der Waals surface area (Å²) < 4.78 is 22.9. The lowest BCUT2D eigenvalue weighted by Gasteiger charge is -2.09. The Morgan fingerprint density at radius 3 is 2.71 bits per heavy atom. The molecule has 1 unspecified atom stereocenters. The fraction of sp³-hybridized carbons (Fsp3) is 0.400. The van der Waals surface area contributed by atoms with E-state index in [0.29, 0.717) is 0 Å². The van der Waals surface area contributed by atoms with Crippen molar-refractivity contribution in [1.29, 1.82) is 0 Å². The van der Waals surface area contributed by atoms with Gasteiger partial charge in [0.1, 0.15) is 0 Å². The number of benzene rings is 1. The van der Waals surface area contributed by atoms with Crippen molar-refractivity contribution < 1.29 is 13.9 Å². The summed E-state index contributed by atoms with van der Waals surface area (Å²) in [6, 6.07) is 4.47. The summed E-state index contributed by atoms with van der Waals surface area (Å²) >= 11 is 0. The maximum atomic E-state index is 13.3. The van der Waals surface area contributed by atoms with Crippen molar-refractivity contribution in [3.63, 3.8) is 0 Å². The van der Waals surface area contributed by atoms with E-state index in [1.54, 1.807) is 19.1 Å². The lowest BCUT2D eigenvalue weighted by atomic mass is 10.1. The number of nitrogens with two attached hydrogens (primary N) is 1. The Balaban J connectivity index is 2.79. The van der Waals surface area contributed by atoms with Gasteiger partial charge >= 0.3 is 0 Å². The molecule has 0 heterocycles. The molecule has 0 aliphatic heterocycles. The number of ether oxygens (including phenoxy) is 2. The first-order valence-corrected chi connectivity index (χ1v) is 4.32. The zero-order chi connectivity index (χ0) is 10.6. The summed E-state index contributed by atoms with van der Waals surface area (Å²) in [6.07, 6.45) is 0. The van der Waals surface area contributed by atoms with Crippen LogP contribution in [0.15, 0.2) is 18.2 Å². The largest absolute Gasteiger partial charge is 0.464 e. The van der Waals surface area contributed by atoms with Crippen LogP contribution in [0.2, 0.25) is 0 Å². The van der Waals surface area contributed by atoms with Crippen LogP contribution in [0, 0.1) is 5.82 Å². The highest BCUT2D eigenvalue weighted by Gasteiger charge is 2.06. The molecule has 1 aromatic rings. The van der Waals surface area contributed by atoms with Crippen LogP contribution < -0.4 is 10.5 Å². The molecular formula is C10H14FNO2. The van der Waals surface area contributed by atoms with Crippen LogP contribution in [0.1, 0.15) is 18.5 Å². The van der Waals surface area contributed by atoms with Crippen LogP contribution in [-0.4, -0.2) is 13.9 Å². The molecule has 0 fully saturated rings. The molecule has 1 atom stereocenters. The lowest BCUT2D eigenvalue weighted by molar-refractivity contribution is 0.0482. The number of hydrogen-bond acceptors (Lipinski definition) is 3. The molecule has 3 nitrogen and oxygen atoms in total. The van der Waals surface area contributed by atoms with Gasteiger partial charge in [-0.05, 0) is 24.6 Å². The predicted octanol–water partition coefficient (Wildman–Crippen LogP) is 1.83. The van der Waals surface area contributed by atoms with Gasteiger partial charge in [-0.2, -0.15) is 0 Å². The molecule has 0 bridgehead atoms. The third kappa shape index (κ3) is 2.68. The maximum absolute atomic E-state index is 13.3. The second kappa shape index (κ2) is 4.93. The second-order valence-electron chi connectivity index (χ2n) is 3.03. The van der Waals surface area contributed by atoms with Gasteiger partial charge < -0.3 is 15.2 Å². The van der Waals surface area contributed by atoms with Crippen molar-refractivity contribution in [2.45, 2.75) is 13.0 Å². The van der Waals surface area contributed by atoms with Gasteiger partial charge in [0, 0.05) is 13.2 Å². The molecule has 1 aromatic carbocycles. The average molecular weight is 199 g/mol. The normalized spacial score (nSPS) is 12.6. The first-order valence-electron chi connectivity index (χ1n) is 4.32. The Labute approximate surface area is 82.6 Å². The van der Waals surface area contributed by atoms with Crippen LogP contribution in [-0.2, 0) is 4.74 Å². The van der Waals surface area contributed by atoms with Gasteiger partial charge in [-0.1, -0.05) is 6.07 Å². The van der Waals surface area contributed by atoms with E-state index in [4.69, 9.17) is 10.5 Å². The highest BCUT2D eigenvalue weighted by atomic mass is 19.1. The Kier molecular flexibility index (Phi) is 3.85. The van der Waals surface area contributed by atoms with Gasteiger partial charge in [0.2, 0.25) is 0 Å². The Morgan fingerprint density at radius 2 is 2.21 bits per heavy atom. The Bertz CT molecular complexity index is 302. The molecule has 1 rings (SSSR count). The van der Waals surface area contributed by atoms with Crippen LogP contribution in [0.4, 0.5) is 4.39 Å². The zero-order valence-corrected chi connectivity index (χ0v) is 8.29. The second-order valence-corrected chi connectivity index (χ2v) is 3.03. The zero-order valence-electron chi connectivity index (χ0n) is 8.29. The summed E-state index contributed by atoms with van der Waals surface area (Å²) in [7, 11) is 1.48. The molecule has 4 heteroatoms. The van der Waals surface area contributed by atoms with E-state index < -0.39 is 5.82 Å². The van der Waals surface area contributed by atoms with Gasteiger partial charge in [0.25, 0.3) is 0 Å². The van der Waals surface area contributed by atoms with Crippen molar-refractivity contribution in [3.8, 4) is 5.75 Å². The third-order valence-electron chi connectivity index (χ3n) is 1.81. The van der Waals surface area contributed by atoms with E-state index in [1.807, 2.05) is 0 Å². The van der Waals surface area contributed by atoms with Gasteiger partial charge in [0.15, 0.2) is 18.4 Å². The van der Waals surface area contributed by atoms with Crippen molar-refractivity contribution in [3.05, 3.63) is 29.6 Å². The van der Waals surface area contributed by atoms with Gasteiger partial charge in [0.05, 0.1) is 0 Å². The monoisotopic (exact) mass is 199 g/mol. The first kappa shape index (κ1) is 10.9. The van der Waals surface area contributed by atoms with E-state index >= 15 is 0 Å². The highest BCUT2D eigenvalue weighted by Crippen LogP contribution is 2.20. The fourth-order valence-corrected chi connectivity index (χ4v) is 1.04. The van der Waals surface area contributed by atoms with E-state index in [0.717, 1.165) is 5.56 Å². The smallest absolute Gasteiger partial charge is 0.188 e. The molecule has 0 saturated carbocycles. The number of hydrogen-bond donors (Lipinski definition) is 1. The van der Waals surface area contributed by atoms with Crippen molar-refractivity contribution >= 4 is 0 Å². The minimum atomic E-state index is -0.420. The fourth-order valence-electron chi connectivity index (χ4n) is 1.04. The quantitative estimate of drug-likeness (QED) is 0.752. The van der Waals surface area contributed by atoms with Crippen molar-refractivity contribution in [2.24, 2.45) is 5.73 Å². The van der Waals surface area contributed by atoms with E-state index in [1.165, 1.54) is 13.2 Å². The SMILES string of the molecule is COCOc1ccc(C(C)N)cc1F. The summed E-state index contributed by atoms with van der Waals surface area (Å²) in [5.41, 5.74) is 6.34. The Hall–Kier alpha value is -1.13. The lowest BCUT2D eigenvalue weighted by Crippen LogP contribution is -2.06. The summed E-state index contributed by atoms with van der Waals surface area (Å²) in [5, 5.41) is 0. The molecule has 0 spiro atoms. The molecule has 0 aliphatic carbocycles. The molecule has 2 N–H and O–H groups in total. The molecule has 0 aliphatic rings. The van der Waals surface area contributed by atoms with Gasteiger partial charge in [-0.15, -0.1) is 0 Å². The van der Waals surface area contributed by atoms with Crippen molar-refractivity contribution in [2.75, 3.05) is 13.9 Å².